The van der Waals surface area contributed by atoms with Crippen LogP contribution in [-0.2, 0) is 0 Å². The Hall–Kier alpha value is -1.25. The van der Waals surface area contributed by atoms with Crippen molar-refractivity contribution in [2.75, 3.05) is 0 Å². The second-order valence-corrected chi connectivity index (χ2v) is 4.45. The van der Waals surface area contributed by atoms with E-state index in [2.05, 4.69) is 12.2 Å². The third-order valence-electron chi connectivity index (χ3n) is 3.05. The molecule has 3 nitrogen and oxygen atoms in total. The fourth-order valence-corrected chi connectivity index (χ4v) is 2.23. The molecule has 0 radical (unpaired) electrons. The van der Waals surface area contributed by atoms with Crippen molar-refractivity contribution in [3.63, 3.8) is 0 Å². The Morgan fingerprint density at radius 2 is 2.40 bits per heavy atom. The second-order valence-electron chi connectivity index (χ2n) is 4.45. The van der Waals surface area contributed by atoms with Gasteiger partial charge in [0, 0.05) is 6.04 Å². The minimum Gasteiger partial charge on any atom is -0.472 e. The van der Waals surface area contributed by atoms with E-state index in [0.29, 0.717) is 11.6 Å². The summed E-state index contributed by atoms with van der Waals surface area (Å²) >= 11 is 0. The highest BCUT2D eigenvalue weighted by atomic mass is 16.3. The molecule has 1 fully saturated rings. The van der Waals surface area contributed by atoms with E-state index in [4.69, 9.17) is 4.42 Å². The third-order valence-corrected chi connectivity index (χ3v) is 3.05. The number of rotatable bonds is 2. The molecule has 0 spiro atoms. The largest absolute Gasteiger partial charge is 0.472 e. The van der Waals surface area contributed by atoms with E-state index in [1.807, 2.05) is 0 Å². The highest BCUT2D eigenvalue weighted by molar-refractivity contribution is 5.93. The molecule has 82 valence electrons. The zero-order valence-corrected chi connectivity index (χ0v) is 9.03. The van der Waals surface area contributed by atoms with E-state index in [1.54, 1.807) is 6.07 Å². The molecule has 1 aliphatic rings. The quantitative estimate of drug-likeness (QED) is 0.809. The van der Waals surface area contributed by atoms with Gasteiger partial charge in [0.2, 0.25) is 0 Å². The lowest BCUT2D eigenvalue weighted by molar-refractivity contribution is 0.0921. The number of carbonyl (C=O) groups is 1. The lowest BCUT2D eigenvalue weighted by atomic mass is 9.87. The smallest absolute Gasteiger partial charge is 0.254 e. The van der Waals surface area contributed by atoms with Crippen molar-refractivity contribution < 1.29 is 9.21 Å². The molecule has 3 heteroatoms. The molecule has 1 saturated carbocycles. The van der Waals surface area contributed by atoms with Crippen LogP contribution in [0.15, 0.2) is 23.0 Å². The molecule has 0 aromatic carbocycles. The van der Waals surface area contributed by atoms with Crippen molar-refractivity contribution in [2.45, 2.75) is 38.6 Å². The summed E-state index contributed by atoms with van der Waals surface area (Å²) in [7, 11) is 0. The van der Waals surface area contributed by atoms with E-state index in [1.165, 1.54) is 25.4 Å². The van der Waals surface area contributed by atoms with Gasteiger partial charge in [-0.3, -0.25) is 4.79 Å². The maximum atomic E-state index is 11.7. The van der Waals surface area contributed by atoms with Gasteiger partial charge in [-0.25, -0.2) is 0 Å². The predicted molar refractivity (Wildman–Crippen MR) is 57.6 cm³/mol. The van der Waals surface area contributed by atoms with Gasteiger partial charge in [0.1, 0.15) is 6.26 Å². The number of amides is 1. The van der Waals surface area contributed by atoms with Crippen LogP contribution in [0.4, 0.5) is 0 Å². The van der Waals surface area contributed by atoms with Crippen LogP contribution in [0.5, 0.6) is 0 Å². The number of hydrogen-bond donors (Lipinski definition) is 1. The molecule has 1 aromatic rings. The predicted octanol–water partition coefficient (Wildman–Crippen LogP) is 2.59. The Morgan fingerprint density at radius 1 is 1.53 bits per heavy atom. The topological polar surface area (TPSA) is 42.2 Å². The molecule has 1 aromatic heterocycles. The lowest BCUT2D eigenvalue weighted by Gasteiger charge is -2.27. The number of carbonyl (C=O) groups excluding carboxylic acids is 1. The Kier molecular flexibility index (Phi) is 3.09. The molecule has 2 rings (SSSR count). The molecular formula is C12H17NO2. The summed E-state index contributed by atoms with van der Waals surface area (Å²) in [5.41, 5.74) is 0.619. The zero-order chi connectivity index (χ0) is 10.7. The molecule has 2 unspecified atom stereocenters. The van der Waals surface area contributed by atoms with Gasteiger partial charge in [-0.15, -0.1) is 0 Å². The van der Waals surface area contributed by atoms with E-state index in [9.17, 15) is 4.79 Å². The Morgan fingerprint density at radius 3 is 3.07 bits per heavy atom. The van der Waals surface area contributed by atoms with E-state index >= 15 is 0 Å². The highest BCUT2D eigenvalue weighted by Crippen LogP contribution is 2.23. The normalized spacial score (nSPS) is 26.2. The van der Waals surface area contributed by atoms with Crippen LogP contribution in [0.25, 0.3) is 0 Å². The van der Waals surface area contributed by atoms with Crippen LogP contribution in [0, 0.1) is 5.92 Å². The van der Waals surface area contributed by atoms with E-state index in [-0.39, 0.29) is 5.91 Å². The fraction of sp³-hybridized carbons (Fsp3) is 0.583. The fourth-order valence-electron chi connectivity index (χ4n) is 2.23. The van der Waals surface area contributed by atoms with Crippen LogP contribution in [0.1, 0.15) is 43.0 Å². The number of nitrogens with one attached hydrogen (secondary N) is 1. The van der Waals surface area contributed by atoms with Crippen molar-refractivity contribution in [1.82, 2.24) is 5.32 Å². The SMILES string of the molecule is CC1CCCC(NC(=O)c2ccoc2)C1. The van der Waals surface area contributed by atoms with Gasteiger partial charge in [0.05, 0.1) is 11.8 Å². The Labute approximate surface area is 89.9 Å². The molecule has 15 heavy (non-hydrogen) atoms. The average Bonchev–Trinajstić information content (AvgIpc) is 2.70. The van der Waals surface area contributed by atoms with Crippen molar-refractivity contribution >= 4 is 5.91 Å². The summed E-state index contributed by atoms with van der Waals surface area (Å²) in [6, 6.07) is 2.04. The standard InChI is InChI=1S/C12H17NO2/c1-9-3-2-4-11(7-9)13-12(14)10-5-6-15-8-10/h5-6,8-9,11H,2-4,7H2,1H3,(H,13,14). The summed E-state index contributed by atoms with van der Waals surface area (Å²) < 4.78 is 4.89. The van der Waals surface area contributed by atoms with Crippen LogP contribution >= 0.6 is 0 Å². The molecule has 0 bridgehead atoms. The molecule has 1 amide bonds. The van der Waals surface area contributed by atoms with E-state index in [0.717, 1.165) is 18.8 Å². The summed E-state index contributed by atoms with van der Waals surface area (Å²) in [4.78, 5) is 11.7. The molecular weight excluding hydrogens is 190 g/mol. The minimum atomic E-state index is -0.0112. The first-order chi connectivity index (χ1) is 7.25. The maximum absolute atomic E-state index is 11.7. The summed E-state index contributed by atoms with van der Waals surface area (Å²) in [5, 5.41) is 3.05. The van der Waals surface area contributed by atoms with Crippen molar-refractivity contribution in [3.8, 4) is 0 Å². The summed E-state index contributed by atoms with van der Waals surface area (Å²) in [6.07, 6.45) is 7.73. The van der Waals surface area contributed by atoms with Gasteiger partial charge in [0.25, 0.3) is 5.91 Å². The van der Waals surface area contributed by atoms with Crippen molar-refractivity contribution in [1.29, 1.82) is 0 Å². The van der Waals surface area contributed by atoms with Crippen LogP contribution in [0.3, 0.4) is 0 Å². The van der Waals surface area contributed by atoms with Gasteiger partial charge in [0.15, 0.2) is 0 Å². The molecule has 2 atom stereocenters. The molecule has 1 N–H and O–H groups in total. The summed E-state index contributed by atoms with van der Waals surface area (Å²) in [6.45, 7) is 2.25. The van der Waals surface area contributed by atoms with Gasteiger partial charge >= 0.3 is 0 Å². The molecule has 0 saturated heterocycles. The van der Waals surface area contributed by atoms with Gasteiger partial charge in [-0.2, -0.15) is 0 Å². The third kappa shape index (κ3) is 2.61. The van der Waals surface area contributed by atoms with Crippen molar-refractivity contribution in [2.24, 2.45) is 5.92 Å². The number of hydrogen-bond acceptors (Lipinski definition) is 2. The first kappa shape index (κ1) is 10.3. The first-order valence-corrected chi connectivity index (χ1v) is 5.59. The number of furan rings is 1. The lowest BCUT2D eigenvalue weighted by Crippen LogP contribution is -2.37. The molecule has 1 aliphatic carbocycles. The monoisotopic (exact) mass is 207 g/mol. The van der Waals surface area contributed by atoms with Gasteiger partial charge < -0.3 is 9.73 Å². The maximum Gasteiger partial charge on any atom is 0.254 e. The van der Waals surface area contributed by atoms with Gasteiger partial charge in [-0.05, 0) is 24.8 Å². The van der Waals surface area contributed by atoms with Crippen LogP contribution < -0.4 is 5.32 Å². The first-order valence-electron chi connectivity index (χ1n) is 5.59. The van der Waals surface area contributed by atoms with Crippen LogP contribution in [-0.4, -0.2) is 11.9 Å². The highest BCUT2D eigenvalue weighted by Gasteiger charge is 2.20. The van der Waals surface area contributed by atoms with Crippen LogP contribution in [0.2, 0.25) is 0 Å². The van der Waals surface area contributed by atoms with Crippen molar-refractivity contribution in [3.05, 3.63) is 24.2 Å². The molecule has 0 aliphatic heterocycles. The van der Waals surface area contributed by atoms with E-state index < -0.39 is 0 Å². The average molecular weight is 207 g/mol. The minimum absolute atomic E-state index is 0.0112. The van der Waals surface area contributed by atoms with Gasteiger partial charge in [-0.1, -0.05) is 19.8 Å². The second kappa shape index (κ2) is 4.51. The zero-order valence-electron chi connectivity index (χ0n) is 9.03. The summed E-state index contributed by atoms with van der Waals surface area (Å²) in [5.74, 6) is 0.719. The molecule has 1 heterocycles. The Balaban J connectivity index is 1.89. The Bertz CT molecular complexity index is 318.